The van der Waals surface area contributed by atoms with E-state index < -0.39 is 5.60 Å². The van der Waals surface area contributed by atoms with E-state index in [4.69, 9.17) is 0 Å². The molecular weight excluding hydrogens is 424 g/mol. The van der Waals surface area contributed by atoms with Crippen molar-refractivity contribution in [3.05, 3.63) is 64.0 Å². The number of thiophene rings is 1. The zero-order valence-electron chi connectivity index (χ0n) is 17.9. The molecule has 0 aliphatic carbocycles. The second kappa shape index (κ2) is 8.77. The number of hydrogen-bond donors (Lipinski definition) is 2. The second-order valence-electron chi connectivity index (χ2n) is 8.98. The maximum absolute atomic E-state index is 13.4. The van der Waals surface area contributed by atoms with Gasteiger partial charge in [0.15, 0.2) is 0 Å². The Bertz CT molecular complexity index is 1150. The van der Waals surface area contributed by atoms with Gasteiger partial charge in [0.25, 0.3) is 5.56 Å². The minimum Gasteiger partial charge on any atom is -0.388 e. The SMILES string of the molecule is O=C([C@H]1CCNC[C@@H]1c1ccccc1)N1CCC(O)(Cn2cnc3sccc3c2=O)CC1. The standard InChI is InChI=1S/C24H28N4O3S/c29-22(18-6-10-25-14-20(18)17-4-2-1-3-5-17)27-11-8-24(31,9-12-27)15-28-16-26-21-19(23(28)30)7-13-32-21/h1-5,7,13,16,18,20,25,31H,6,8-12,14-15H2/t18-,20+/m0/s1. The van der Waals surface area contributed by atoms with Gasteiger partial charge in [-0.05, 0) is 42.8 Å². The normalized spacial score (nSPS) is 23.3. The number of rotatable bonds is 4. The lowest BCUT2D eigenvalue weighted by Gasteiger charge is -2.41. The summed E-state index contributed by atoms with van der Waals surface area (Å²) in [4.78, 5) is 33.1. The Kier molecular flexibility index (Phi) is 5.84. The summed E-state index contributed by atoms with van der Waals surface area (Å²) in [5.74, 6) is 0.304. The van der Waals surface area contributed by atoms with E-state index in [2.05, 4.69) is 22.4 Å². The van der Waals surface area contributed by atoms with Gasteiger partial charge in [0.1, 0.15) is 4.83 Å². The number of aromatic nitrogens is 2. The molecule has 3 aromatic rings. The van der Waals surface area contributed by atoms with E-state index in [0.29, 0.717) is 36.1 Å². The van der Waals surface area contributed by atoms with Crippen LogP contribution in [0.25, 0.3) is 10.2 Å². The molecule has 1 amide bonds. The summed E-state index contributed by atoms with van der Waals surface area (Å²) in [7, 11) is 0. The topological polar surface area (TPSA) is 87.5 Å². The van der Waals surface area contributed by atoms with E-state index in [1.54, 1.807) is 6.07 Å². The number of aliphatic hydroxyl groups is 1. The molecule has 0 bridgehead atoms. The van der Waals surface area contributed by atoms with Crippen LogP contribution in [-0.4, -0.2) is 57.2 Å². The summed E-state index contributed by atoms with van der Waals surface area (Å²) in [6.45, 7) is 2.86. The molecule has 0 spiro atoms. The molecule has 5 rings (SSSR count). The smallest absolute Gasteiger partial charge is 0.262 e. The van der Waals surface area contributed by atoms with Gasteiger partial charge < -0.3 is 15.3 Å². The molecule has 4 heterocycles. The summed E-state index contributed by atoms with van der Waals surface area (Å²) in [6, 6.07) is 12.0. The molecule has 2 atom stereocenters. The van der Waals surface area contributed by atoms with E-state index in [-0.39, 0.29) is 29.8 Å². The molecule has 2 N–H and O–H groups in total. The Labute approximate surface area is 190 Å². The van der Waals surface area contributed by atoms with E-state index >= 15 is 0 Å². The van der Waals surface area contributed by atoms with Gasteiger partial charge in [0.2, 0.25) is 5.91 Å². The molecule has 2 saturated heterocycles. The van der Waals surface area contributed by atoms with Crippen molar-refractivity contribution in [2.45, 2.75) is 37.3 Å². The molecule has 2 aliphatic rings. The van der Waals surface area contributed by atoms with Gasteiger partial charge in [-0.1, -0.05) is 30.3 Å². The van der Waals surface area contributed by atoms with Crippen molar-refractivity contribution in [2.24, 2.45) is 5.92 Å². The van der Waals surface area contributed by atoms with E-state index in [1.165, 1.54) is 27.8 Å². The Hall–Kier alpha value is -2.55. The van der Waals surface area contributed by atoms with Crippen LogP contribution in [0.5, 0.6) is 0 Å². The maximum Gasteiger partial charge on any atom is 0.262 e. The number of carbonyl (C=O) groups excluding carboxylic acids is 1. The lowest BCUT2D eigenvalue weighted by Crippen LogP contribution is -2.52. The molecular formula is C24H28N4O3S. The highest BCUT2D eigenvalue weighted by Crippen LogP contribution is 2.33. The Morgan fingerprint density at radius 3 is 2.78 bits per heavy atom. The third kappa shape index (κ3) is 4.10. The first kappa shape index (κ1) is 21.3. The van der Waals surface area contributed by atoms with Crippen LogP contribution in [0.15, 0.2) is 52.9 Å². The Morgan fingerprint density at radius 2 is 2.00 bits per heavy atom. The third-order valence-electron chi connectivity index (χ3n) is 6.95. The average Bonchev–Trinajstić information content (AvgIpc) is 3.31. The summed E-state index contributed by atoms with van der Waals surface area (Å²) in [6.07, 6.45) is 3.25. The lowest BCUT2D eigenvalue weighted by molar-refractivity contribution is -0.141. The van der Waals surface area contributed by atoms with Crippen molar-refractivity contribution in [1.29, 1.82) is 0 Å². The quantitative estimate of drug-likeness (QED) is 0.634. The van der Waals surface area contributed by atoms with Gasteiger partial charge in [0.05, 0.1) is 23.9 Å². The summed E-state index contributed by atoms with van der Waals surface area (Å²) in [5, 5.41) is 17.1. The Morgan fingerprint density at radius 1 is 1.22 bits per heavy atom. The van der Waals surface area contributed by atoms with E-state index in [0.717, 1.165) is 19.5 Å². The first-order chi connectivity index (χ1) is 15.5. The van der Waals surface area contributed by atoms with Crippen LogP contribution in [0, 0.1) is 5.92 Å². The number of carbonyl (C=O) groups is 1. The minimum atomic E-state index is -1.01. The monoisotopic (exact) mass is 452 g/mol. The number of nitrogens with one attached hydrogen (secondary N) is 1. The number of amides is 1. The molecule has 1 aromatic carbocycles. The van der Waals surface area contributed by atoms with Crippen molar-refractivity contribution in [1.82, 2.24) is 19.8 Å². The number of benzene rings is 1. The van der Waals surface area contributed by atoms with Crippen LogP contribution in [0.2, 0.25) is 0 Å². The lowest BCUT2D eigenvalue weighted by atomic mass is 9.80. The van der Waals surface area contributed by atoms with Gasteiger partial charge in [-0.25, -0.2) is 4.98 Å². The fraction of sp³-hybridized carbons (Fsp3) is 0.458. The number of piperidine rings is 2. The fourth-order valence-corrected chi connectivity index (χ4v) is 5.79. The third-order valence-corrected chi connectivity index (χ3v) is 7.77. The predicted molar refractivity (Wildman–Crippen MR) is 125 cm³/mol. The zero-order valence-corrected chi connectivity index (χ0v) is 18.8. The van der Waals surface area contributed by atoms with Gasteiger partial charge in [-0.15, -0.1) is 11.3 Å². The van der Waals surface area contributed by atoms with Crippen LogP contribution in [0.3, 0.4) is 0 Å². The summed E-state index contributed by atoms with van der Waals surface area (Å²) in [5.41, 5.74) is 0.0599. The molecule has 2 aromatic heterocycles. The van der Waals surface area contributed by atoms with Gasteiger partial charge >= 0.3 is 0 Å². The first-order valence-corrected chi connectivity index (χ1v) is 12.1. The van der Waals surface area contributed by atoms with Crippen molar-refractivity contribution in [2.75, 3.05) is 26.2 Å². The molecule has 0 saturated carbocycles. The van der Waals surface area contributed by atoms with Crippen LogP contribution >= 0.6 is 11.3 Å². The van der Waals surface area contributed by atoms with Crippen LogP contribution < -0.4 is 10.9 Å². The molecule has 8 heteroatoms. The van der Waals surface area contributed by atoms with Crippen molar-refractivity contribution >= 4 is 27.5 Å². The number of fused-ring (bicyclic) bond motifs is 1. The molecule has 2 fully saturated rings. The highest BCUT2D eigenvalue weighted by molar-refractivity contribution is 7.16. The van der Waals surface area contributed by atoms with Gasteiger partial charge in [0, 0.05) is 31.5 Å². The zero-order chi connectivity index (χ0) is 22.1. The predicted octanol–water partition coefficient (Wildman–Crippen LogP) is 2.20. The number of likely N-dealkylation sites (tertiary alicyclic amines) is 1. The number of nitrogens with zero attached hydrogens (tertiary/aromatic N) is 3. The van der Waals surface area contributed by atoms with E-state index in [1.807, 2.05) is 28.5 Å². The van der Waals surface area contributed by atoms with Crippen molar-refractivity contribution in [3.63, 3.8) is 0 Å². The van der Waals surface area contributed by atoms with Crippen molar-refractivity contribution in [3.8, 4) is 0 Å². The van der Waals surface area contributed by atoms with Gasteiger partial charge in [-0.3, -0.25) is 14.2 Å². The molecule has 2 aliphatic heterocycles. The largest absolute Gasteiger partial charge is 0.388 e. The van der Waals surface area contributed by atoms with Crippen LogP contribution in [0.1, 0.15) is 30.7 Å². The van der Waals surface area contributed by atoms with Crippen LogP contribution in [-0.2, 0) is 11.3 Å². The first-order valence-electron chi connectivity index (χ1n) is 11.2. The maximum atomic E-state index is 13.4. The molecule has 168 valence electrons. The molecule has 0 radical (unpaired) electrons. The van der Waals surface area contributed by atoms with Gasteiger partial charge in [-0.2, -0.15) is 0 Å². The minimum absolute atomic E-state index is 0.0438. The highest BCUT2D eigenvalue weighted by Gasteiger charge is 2.39. The number of hydrogen-bond acceptors (Lipinski definition) is 6. The van der Waals surface area contributed by atoms with Crippen LogP contribution in [0.4, 0.5) is 0 Å². The van der Waals surface area contributed by atoms with E-state index in [9.17, 15) is 14.7 Å². The Balaban J connectivity index is 1.26. The summed E-state index contributed by atoms with van der Waals surface area (Å²) < 4.78 is 1.50. The second-order valence-corrected chi connectivity index (χ2v) is 9.88. The average molecular weight is 453 g/mol. The summed E-state index contributed by atoms with van der Waals surface area (Å²) >= 11 is 1.44. The highest BCUT2D eigenvalue weighted by atomic mass is 32.1. The molecule has 32 heavy (non-hydrogen) atoms. The molecule has 7 nitrogen and oxygen atoms in total. The molecule has 0 unspecified atom stereocenters. The fourth-order valence-electron chi connectivity index (χ4n) is 5.06. The van der Waals surface area contributed by atoms with Crippen molar-refractivity contribution < 1.29 is 9.90 Å².